The lowest BCUT2D eigenvalue weighted by Crippen LogP contribution is -2.40. The van der Waals surface area contributed by atoms with E-state index in [1.807, 2.05) is 24.3 Å². The van der Waals surface area contributed by atoms with Crippen LogP contribution in [0.4, 0.5) is 0 Å². The van der Waals surface area contributed by atoms with E-state index in [1.54, 1.807) is 0 Å². The van der Waals surface area contributed by atoms with Crippen LogP contribution in [0.15, 0.2) is 48.5 Å². The van der Waals surface area contributed by atoms with E-state index in [1.165, 1.54) is 36.8 Å². The average molecular weight is 437 g/mol. The van der Waals surface area contributed by atoms with Gasteiger partial charge < -0.3 is 19.7 Å². The molecule has 168 valence electrons. The van der Waals surface area contributed by atoms with Gasteiger partial charge in [0.25, 0.3) is 0 Å². The summed E-state index contributed by atoms with van der Waals surface area (Å²) in [6, 6.07) is 15.9. The minimum Gasteiger partial charge on any atom is -0.482 e. The van der Waals surface area contributed by atoms with E-state index in [-0.39, 0.29) is 18.6 Å². The molecule has 0 spiro atoms. The first-order chi connectivity index (χ1) is 15.5. The van der Waals surface area contributed by atoms with E-state index in [0.29, 0.717) is 17.4 Å². The number of benzene rings is 2. The highest BCUT2D eigenvalue weighted by Gasteiger charge is 2.61. The largest absolute Gasteiger partial charge is 0.482 e. The van der Waals surface area contributed by atoms with Crippen molar-refractivity contribution in [3.63, 3.8) is 0 Å². The topological polar surface area (TPSA) is 93.1 Å². The number of aliphatic carboxylic acids is 2. The minimum absolute atomic E-state index is 0.0904. The van der Waals surface area contributed by atoms with E-state index in [2.05, 4.69) is 24.3 Å². The molecule has 2 bridgehead atoms. The summed E-state index contributed by atoms with van der Waals surface area (Å²) in [6.45, 7) is -0.701. The summed E-state index contributed by atoms with van der Waals surface area (Å²) in [7, 11) is 0. The third-order valence-electron chi connectivity index (χ3n) is 7.98. The van der Waals surface area contributed by atoms with Gasteiger partial charge in [-0.1, -0.05) is 30.7 Å². The second-order valence-electron chi connectivity index (χ2n) is 9.45. The summed E-state index contributed by atoms with van der Waals surface area (Å²) in [4.78, 5) is 21.6. The second-order valence-corrected chi connectivity index (χ2v) is 9.45. The van der Waals surface area contributed by atoms with Crippen LogP contribution >= 0.6 is 0 Å². The molecule has 6 heteroatoms. The molecule has 6 nitrogen and oxygen atoms in total. The van der Waals surface area contributed by atoms with E-state index < -0.39 is 11.9 Å². The highest BCUT2D eigenvalue weighted by molar-refractivity contribution is 5.68. The lowest BCUT2D eigenvalue weighted by atomic mass is 9.59. The van der Waals surface area contributed by atoms with Crippen molar-refractivity contribution < 1.29 is 29.3 Å². The maximum Gasteiger partial charge on any atom is 0.341 e. The van der Waals surface area contributed by atoms with Crippen LogP contribution in [0.1, 0.15) is 43.2 Å². The molecule has 2 aromatic carbocycles. The van der Waals surface area contributed by atoms with Crippen molar-refractivity contribution >= 4 is 11.9 Å². The van der Waals surface area contributed by atoms with Gasteiger partial charge >= 0.3 is 11.9 Å². The van der Waals surface area contributed by atoms with Crippen LogP contribution in [-0.2, 0) is 15.0 Å². The fourth-order valence-electron chi connectivity index (χ4n) is 6.96. The first-order valence-corrected chi connectivity index (χ1v) is 11.4. The van der Waals surface area contributed by atoms with Gasteiger partial charge in [-0.25, -0.2) is 9.59 Å². The first kappa shape index (κ1) is 20.9. The molecule has 4 atom stereocenters. The average Bonchev–Trinajstić information content (AvgIpc) is 3.50. The molecule has 2 N–H and O–H groups in total. The van der Waals surface area contributed by atoms with Crippen molar-refractivity contribution in [2.45, 2.75) is 37.5 Å². The SMILES string of the molecule is O=C(O)COc1ccc(C2(c3ccc(OCC(=O)O)cc3)CC3CC2C2CCCC32)cc1. The fourth-order valence-corrected chi connectivity index (χ4v) is 6.96. The number of hydrogen-bond donors (Lipinski definition) is 2. The zero-order valence-corrected chi connectivity index (χ0v) is 17.9. The van der Waals surface area contributed by atoms with Crippen molar-refractivity contribution in [1.29, 1.82) is 0 Å². The molecule has 0 aromatic heterocycles. The number of ether oxygens (including phenoxy) is 2. The summed E-state index contributed by atoms with van der Waals surface area (Å²) in [6.07, 6.45) is 6.34. The molecule has 4 unspecified atom stereocenters. The van der Waals surface area contributed by atoms with E-state index in [9.17, 15) is 9.59 Å². The van der Waals surface area contributed by atoms with Gasteiger partial charge in [0.15, 0.2) is 13.2 Å². The monoisotopic (exact) mass is 436 g/mol. The van der Waals surface area contributed by atoms with Gasteiger partial charge in [0.2, 0.25) is 0 Å². The molecule has 3 aliphatic carbocycles. The molecule has 0 radical (unpaired) electrons. The molecule has 3 aliphatic rings. The van der Waals surface area contributed by atoms with Crippen molar-refractivity contribution in [3.05, 3.63) is 59.7 Å². The Kier molecular flexibility index (Phi) is 5.31. The summed E-state index contributed by atoms with van der Waals surface area (Å²) < 4.78 is 10.7. The van der Waals surface area contributed by atoms with Crippen molar-refractivity contribution in [2.24, 2.45) is 23.7 Å². The Bertz CT molecular complexity index is 934. The Labute approximate surface area is 187 Å². The molecule has 0 heterocycles. The third kappa shape index (κ3) is 3.51. The Morgan fingerprint density at radius 2 is 1.31 bits per heavy atom. The quantitative estimate of drug-likeness (QED) is 0.639. The number of hydrogen-bond acceptors (Lipinski definition) is 4. The van der Waals surface area contributed by atoms with Crippen LogP contribution < -0.4 is 9.47 Å². The summed E-state index contributed by atoms with van der Waals surface area (Å²) in [5.41, 5.74) is 2.40. The molecule has 0 amide bonds. The van der Waals surface area contributed by atoms with Crippen molar-refractivity contribution in [3.8, 4) is 11.5 Å². The highest BCUT2D eigenvalue weighted by Crippen LogP contribution is 2.68. The molecule has 32 heavy (non-hydrogen) atoms. The fraction of sp³-hybridized carbons (Fsp3) is 0.462. The van der Waals surface area contributed by atoms with Gasteiger partial charge in [-0.2, -0.15) is 0 Å². The van der Waals surface area contributed by atoms with Crippen LogP contribution in [0.25, 0.3) is 0 Å². The number of carboxylic acid groups (broad SMARTS) is 2. The zero-order chi connectivity index (χ0) is 22.3. The number of carbonyl (C=O) groups is 2. The Morgan fingerprint density at radius 3 is 1.81 bits per heavy atom. The number of rotatable bonds is 8. The van der Waals surface area contributed by atoms with Gasteiger partial charge in [0.05, 0.1) is 0 Å². The predicted octanol–water partition coefficient (Wildman–Crippen LogP) is 4.36. The maximum absolute atomic E-state index is 10.8. The molecule has 3 saturated carbocycles. The maximum atomic E-state index is 10.8. The van der Waals surface area contributed by atoms with Crippen molar-refractivity contribution in [2.75, 3.05) is 13.2 Å². The molecule has 3 fully saturated rings. The van der Waals surface area contributed by atoms with Gasteiger partial charge in [-0.05, 0) is 84.7 Å². The minimum atomic E-state index is -0.990. The van der Waals surface area contributed by atoms with Crippen LogP contribution in [0, 0.1) is 23.7 Å². The van der Waals surface area contributed by atoms with Crippen molar-refractivity contribution in [1.82, 2.24) is 0 Å². The Morgan fingerprint density at radius 1 is 0.812 bits per heavy atom. The zero-order valence-electron chi connectivity index (χ0n) is 17.9. The van der Waals surface area contributed by atoms with E-state index in [0.717, 1.165) is 24.2 Å². The lowest BCUT2D eigenvalue weighted by molar-refractivity contribution is -0.140. The van der Waals surface area contributed by atoms with Gasteiger partial charge in [-0.3, -0.25) is 0 Å². The van der Waals surface area contributed by atoms with Crippen LogP contribution in [0.5, 0.6) is 11.5 Å². The molecule has 5 rings (SSSR count). The summed E-state index contributed by atoms with van der Waals surface area (Å²) in [5.74, 6) is 2.06. The smallest absolute Gasteiger partial charge is 0.341 e. The first-order valence-electron chi connectivity index (χ1n) is 11.4. The van der Waals surface area contributed by atoms with Crippen LogP contribution in [0.2, 0.25) is 0 Å². The molecule has 2 aromatic rings. The standard InChI is InChI=1S/C26H28O6/c27-24(28)14-31-19-8-4-17(5-9-19)26(13-16-12-23(26)22-3-1-2-21(16)22)18-6-10-20(11-7-18)32-15-25(29)30/h4-11,16,21-23H,1-3,12-15H2,(H,27,28)(H,29,30). The highest BCUT2D eigenvalue weighted by atomic mass is 16.5. The molecule has 0 aliphatic heterocycles. The van der Waals surface area contributed by atoms with E-state index >= 15 is 0 Å². The molecular formula is C26H28O6. The second kappa shape index (κ2) is 8.15. The summed E-state index contributed by atoms with van der Waals surface area (Å²) in [5, 5.41) is 17.7. The number of fused-ring (bicyclic) bond motifs is 5. The van der Waals surface area contributed by atoms with Crippen LogP contribution in [0.3, 0.4) is 0 Å². The van der Waals surface area contributed by atoms with Gasteiger partial charge in [0.1, 0.15) is 11.5 Å². The Balaban J connectivity index is 1.48. The van der Waals surface area contributed by atoms with Gasteiger partial charge in [0, 0.05) is 5.41 Å². The molecule has 0 saturated heterocycles. The predicted molar refractivity (Wildman–Crippen MR) is 117 cm³/mol. The normalized spacial score (nSPS) is 27.1. The van der Waals surface area contributed by atoms with E-state index in [4.69, 9.17) is 19.7 Å². The lowest BCUT2D eigenvalue weighted by Gasteiger charge is -2.44. The number of carboxylic acids is 2. The third-order valence-corrected chi connectivity index (χ3v) is 7.98. The Hall–Kier alpha value is -3.02. The molecular weight excluding hydrogens is 408 g/mol. The van der Waals surface area contributed by atoms with Crippen LogP contribution in [-0.4, -0.2) is 35.4 Å². The van der Waals surface area contributed by atoms with Gasteiger partial charge in [-0.15, -0.1) is 0 Å². The summed E-state index contributed by atoms with van der Waals surface area (Å²) >= 11 is 0.